The second-order valence-corrected chi connectivity index (χ2v) is 6.78. The van der Waals surface area contributed by atoms with Crippen LogP contribution in [0, 0.1) is 15.5 Å². The molecule has 0 bridgehead atoms. The van der Waals surface area contributed by atoms with Crippen molar-refractivity contribution in [1.29, 1.82) is 0 Å². The number of nitrogens with zero attached hydrogens (tertiary/aromatic N) is 2. The standard InChI is InChI=1S/C16H24N4O4/c1-16(2)10-19(7-6-14(16)17)9-15(21)18-12-5-4-11(20(22)23)8-13(12)24-3/h4-5,8,14H,6-7,9-10,17H2,1-3H3,(H,18,21). The zero-order valence-electron chi connectivity index (χ0n) is 14.2. The van der Waals surface area contributed by atoms with Crippen molar-refractivity contribution in [2.24, 2.45) is 11.1 Å². The first-order valence-corrected chi connectivity index (χ1v) is 7.83. The summed E-state index contributed by atoms with van der Waals surface area (Å²) in [6.45, 7) is 5.97. The Morgan fingerprint density at radius 1 is 1.54 bits per heavy atom. The Morgan fingerprint density at radius 3 is 2.83 bits per heavy atom. The maximum absolute atomic E-state index is 12.3. The molecule has 1 fully saturated rings. The van der Waals surface area contributed by atoms with Crippen molar-refractivity contribution in [3.8, 4) is 5.75 Å². The Hall–Kier alpha value is -2.19. The normalized spacial score (nSPS) is 20.4. The molecule has 0 aromatic heterocycles. The summed E-state index contributed by atoms with van der Waals surface area (Å²) in [5, 5.41) is 13.6. The van der Waals surface area contributed by atoms with E-state index in [1.54, 1.807) is 0 Å². The summed E-state index contributed by atoms with van der Waals surface area (Å²) in [5.41, 5.74) is 6.40. The van der Waals surface area contributed by atoms with Gasteiger partial charge in [-0.15, -0.1) is 0 Å². The zero-order valence-corrected chi connectivity index (χ0v) is 14.2. The molecule has 1 aliphatic heterocycles. The number of non-ortho nitro benzene ring substituents is 1. The van der Waals surface area contributed by atoms with Crippen LogP contribution in [-0.2, 0) is 4.79 Å². The maximum atomic E-state index is 12.3. The van der Waals surface area contributed by atoms with Gasteiger partial charge in [0.15, 0.2) is 0 Å². The number of ether oxygens (including phenoxy) is 1. The number of hydrogen-bond acceptors (Lipinski definition) is 6. The summed E-state index contributed by atoms with van der Waals surface area (Å²) in [5.74, 6) is 0.0759. The van der Waals surface area contributed by atoms with E-state index in [2.05, 4.69) is 24.1 Å². The molecule has 0 spiro atoms. The number of benzene rings is 1. The highest BCUT2D eigenvalue weighted by Gasteiger charge is 2.33. The monoisotopic (exact) mass is 336 g/mol. The molecule has 8 heteroatoms. The number of likely N-dealkylation sites (tertiary alicyclic amines) is 1. The lowest BCUT2D eigenvalue weighted by atomic mass is 9.80. The van der Waals surface area contributed by atoms with Gasteiger partial charge in [-0.1, -0.05) is 13.8 Å². The Bertz CT molecular complexity index is 633. The summed E-state index contributed by atoms with van der Waals surface area (Å²) in [6, 6.07) is 4.23. The predicted molar refractivity (Wildman–Crippen MR) is 91.1 cm³/mol. The quantitative estimate of drug-likeness (QED) is 0.624. The van der Waals surface area contributed by atoms with Gasteiger partial charge in [0.1, 0.15) is 5.75 Å². The number of anilines is 1. The maximum Gasteiger partial charge on any atom is 0.273 e. The molecular formula is C16H24N4O4. The van der Waals surface area contributed by atoms with Crippen LogP contribution >= 0.6 is 0 Å². The molecule has 1 aromatic rings. The van der Waals surface area contributed by atoms with Gasteiger partial charge in [0, 0.05) is 25.2 Å². The zero-order chi connectivity index (χ0) is 17.9. The van der Waals surface area contributed by atoms with Crippen molar-refractivity contribution < 1.29 is 14.5 Å². The van der Waals surface area contributed by atoms with Crippen LogP contribution in [0.3, 0.4) is 0 Å². The van der Waals surface area contributed by atoms with Crippen molar-refractivity contribution in [2.75, 3.05) is 32.1 Å². The molecule has 132 valence electrons. The first-order valence-electron chi connectivity index (χ1n) is 7.83. The lowest BCUT2D eigenvalue weighted by molar-refractivity contribution is -0.384. The van der Waals surface area contributed by atoms with Gasteiger partial charge in [-0.05, 0) is 17.9 Å². The fourth-order valence-corrected chi connectivity index (χ4v) is 2.91. The summed E-state index contributed by atoms with van der Waals surface area (Å²) >= 11 is 0. The first kappa shape index (κ1) is 18.2. The van der Waals surface area contributed by atoms with E-state index in [0.29, 0.717) is 5.69 Å². The van der Waals surface area contributed by atoms with Crippen LogP contribution < -0.4 is 15.8 Å². The number of nitro benzene ring substituents is 1. The average Bonchev–Trinajstić information content (AvgIpc) is 2.50. The second kappa shape index (κ2) is 7.14. The van der Waals surface area contributed by atoms with Gasteiger partial charge in [0.2, 0.25) is 5.91 Å². The molecule has 24 heavy (non-hydrogen) atoms. The van der Waals surface area contributed by atoms with Crippen LogP contribution in [0.25, 0.3) is 0 Å². The van der Waals surface area contributed by atoms with Crippen molar-refractivity contribution in [3.05, 3.63) is 28.3 Å². The topological polar surface area (TPSA) is 111 Å². The SMILES string of the molecule is COc1cc([N+](=O)[O-])ccc1NC(=O)CN1CCC(N)C(C)(C)C1. The molecule has 0 aliphatic carbocycles. The highest BCUT2D eigenvalue weighted by Crippen LogP contribution is 2.30. The van der Waals surface area contributed by atoms with E-state index in [9.17, 15) is 14.9 Å². The summed E-state index contributed by atoms with van der Waals surface area (Å²) in [4.78, 5) is 24.6. The molecule has 1 amide bonds. The molecule has 1 aromatic carbocycles. The summed E-state index contributed by atoms with van der Waals surface area (Å²) < 4.78 is 5.12. The lowest BCUT2D eigenvalue weighted by Crippen LogP contribution is -2.53. The number of nitrogens with two attached hydrogens (primary N) is 1. The van der Waals surface area contributed by atoms with E-state index in [-0.39, 0.29) is 35.3 Å². The third-order valence-electron chi connectivity index (χ3n) is 4.43. The minimum Gasteiger partial charge on any atom is -0.494 e. The number of nitro groups is 1. The molecule has 1 unspecified atom stereocenters. The minimum atomic E-state index is -0.507. The number of amides is 1. The highest BCUT2D eigenvalue weighted by atomic mass is 16.6. The van der Waals surface area contributed by atoms with E-state index >= 15 is 0 Å². The molecule has 0 saturated carbocycles. The van der Waals surface area contributed by atoms with Crippen molar-refractivity contribution in [3.63, 3.8) is 0 Å². The van der Waals surface area contributed by atoms with Gasteiger partial charge in [-0.25, -0.2) is 0 Å². The van der Waals surface area contributed by atoms with Gasteiger partial charge in [-0.2, -0.15) is 0 Å². The second-order valence-electron chi connectivity index (χ2n) is 6.78. The summed E-state index contributed by atoms with van der Waals surface area (Å²) in [6.07, 6.45) is 0.848. The summed E-state index contributed by atoms with van der Waals surface area (Å²) in [7, 11) is 1.41. The van der Waals surface area contributed by atoms with E-state index in [1.165, 1.54) is 25.3 Å². The average molecular weight is 336 g/mol. The van der Waals surface area contributed by atoms with Crippen molar-refractivity contribution in [2.45, 2.75) is 26.3 Å². The third kappa shape index (κ3) is 4.21. The number of carbonyl (C=O) groups is 1. The van der Waals surface area contributed by atoms with Crippen LogP contribution in [0.15, 0.2) is 18.2 Å². The molecular weight excluding hydrogens is 312 g/mol. The van der Waals surface area contributed by atoms with Crippen molar-refractivity contribution >= 4 is 17.3 Å². The van der Waals surface area contributed by atoms with Crippen molar-refractivity contribution in [1.82, 2.24) is 4.90 Å². The van der Waals surface area contributed by atoms with E-state index in [0.717, 1.165) is 19.5 Å². The van der Waals surface area contributed by atoms with Crippen LogP contribution in [-0.4, -0.2) is 48.5 Å². The van der Waals surface area contributed by atoms with Gasteiger partial charge < -0.3 is 15.8 Å². The molecule has 1 aliphatic rings. The number of rotatable bonds is 5. The van der Waals surface area contributed by atoms with E-state index in [4.69, 9.17) is 10.5 Å². The van der Waals surface area contributed by atoms with Gasteiger partial charge in [0.25, 0.3) is 5.69 Å². The first-order chi connectivity index (χ1) is 11.2. The fraction of sp³-hybridized carbons (Fsp3) is 0.562. The largest absolute Gasteiger partial charge is 0.494 e. The lowest BCUT2D eigenvalue weighted by Gasteiger charge is -2.42. The van der Waals surface area contributed by atoms with Crippen LogP contribution in [0.2, 0.25) is 0 Å². The predicted octanol–water partition coefficient (Wildman–Crippen LogP) is 1.60. The molecule has 2 rings (SSSR count). The van der Waals surface area contributed by atoms with E-state index in [1.807, 2.05) is 0 Å². The molecule has 0 radical (unpaired) electrons. The number of methoxy groups -OCH3 is 1. The molecule has 1 atom stereocenters. The van der Waals surface area contributed by atoms with Gasteiger partial charge in [-0.3, -0.25) is 19.8 Å². The molecule has 1 heterocycles. The van der Waals surface area contributed by atoms with Crippen LogP contribution in [0.5, 0.6) is 5.75 Å². The number of hydrogen-bond donors (Lipinski definition) is 2. The van der Waals surface area contributed by atoms with Crippen LogP contribution in [0.1, 0.15) is 20.3 Å². The molecule has 3 N–H and O–H groups in total. The van der Waals surface area contributed by atoms with Gasteiger partial charge in [0.05, 0.1) is 30.3 Å². The molecule has 8 nitrogen and oxygen atoms in total. The van der Waals surface area contributed by atoms with E-state index < -0.39 is 4.92 Å². The fourth-order valence-electron chi connectivity index (χ4n) is 2.91. The third-order valence-corrected chi connectivity index (χ3v) is 4.43. The van der Waals surface area contributed by atoms with Crippen LogP contribution in [0.4, 0.5) is 11.4 Å². The number of piperidine rings is 1. The molecule has 1 saturated heterocycles. The Morgan fingerprint density at radius 2 is 2.25 bits per heavy atom. The Balaban J connectivity index is 2.01. The number of carbonyl (C=O) groups excluding carboxylic acids is 1. The number of nitrogens with one attached hydrogen (secondary N) is 1. The Labute approximate surface area is 141 Å². The highest BCUT2D eigenvalue weighted by molar-refractivity contribution is 5.93. The smallest absolute Gasteiger partial charge is 0.273 e. The minimum absolute atomic E-state index is 0.0381. The Kier molecular flexibility index (Phi) is 5.40. The van der Waals surface area contributed by atoms with Gasteiger partial charge >= 0.3 is 0 Å².